The van der Waals surface area contributed by atoms with Crippen LogP contribution in [0, 0.1) is 0 Å². The van der Waals surface area contributed by atoms with Gasteiger partial charge in [0.05, 0.1) is 18.8 Å². The number of hydrogen-bond acceptors (Lipinski definition) is 6. The van der Waals surface area contributed by atoms with Gasteiger partial charge in [-0.15, -0.1) is 11.3 Å². The lowest BCUT2D eigenvalue weighted by molar-refractivity contribution is -0.120. The molecule has 0 radical (unpaired) electrons. The smallest absolute Gasteiger partial charge is 0.251 e. The van der Waals surface area contributed by atoms with Crippen LogP contribution in [0.2, 0.25) is 0 Å². The second-order valence-electron chi connectivity index (χ2n) is 5.53. The molecule has 0 saturated heterocycles. The van der Waals surface area contributed by atoms with E-state index in [1.54, 1.807) is 12.1 Å². The molecule has 3 aromatic rings. The van der Waals surface area contributed by atoms with Gasteiger partial charge in [-0.05, 0) is 24.3 Å². The third kappa shape index (κ3) is 5.89. The van der Waals surface area contributed by atoms with E-state index in [0.29, 0.717) is 18.7 Å². The number of carbonyl (C=O) groups excluding carboxylic acids is 2. The second-order valence-corrected chi connectivity index (χ2v) is 6.47. The van der Waals surface area contributed by atoms with Crippen LogP contribution in [0.25, 0.3) is 0 Å². The van der Waals surface area contributed by atoms with E-state index >= 15 is 0 Å². The van der Waals surface area contributed by atoms with Gasteiger partial charge < -0.3 is 15.4 Å². The molecule has 2 aromatic heterocycles. The minimum atomic E-state index is -0.318. The molecule has 27 heavy (non-hydrogen) atoms. The minimum absolute atomic E-state index is 0.102. The molecule has 2 amide bonds. The zero-order chi connectivity index (χ0) is 18.9. The Hall–Kier alpha value is -3.26. The van der Waals surface area contributed by atoms with Crippen LogP contribution in [0.5, 0.6) is 5.75 Å². The number of ether oxygens (including phenoxy) is 1. The van der Waals surface area contributed by atoms with E-state index in [1.165, 1.54) is 23.7 Å². The number of carbonyl (C=O) groups is 2. The molecule has 138 valence electrons. The van der Waals surface area contributed by atoms with Gasteiger partial charge in [-0.1, -0.05) is 18.2 Å². The van der Waals surface area contributed by atoms with Crippen LogP contribution in [0.4, 0.5) is 0 Å². The number of aromatic nitrogens is 2. The first-order valence-corrected chi connectivity index (χ1v) is 9.15. The number of pyridine rings is 1. The predicted molar refractivity (Wildman–Crippen MR) is 101 cm³/mol. The topological polar surface area (TPSA) is 93.2 Å². The quantitative estimate of drug-likeness (QED) is 0.623. The maximum atomic E-state index is 11.9. The van der Waals surface area contributed by atoms with Gasteiger partial charge in [-0.2, -0.15) is 0 Å². The van der Waals surface area contributed by atoms with Gasteiger partial charge in [0, 0.05) is 23.3 Å². The molecule has 0 saturated carbocycles. The van der Waals surface area contributed by atoms with Gasteiger partial charge in [0.2, 0.25) is 5.91 Å². The van der Waals surface area contributed by atoms with Gasteiger partial charge in [0.1, 0.15) is 17.4 Å². The van der Waals surface area contributed by atoms with E-state index in [2.05, 4.69) is 20.6 Å². The summed E-state index contributed by atoms with van der Waals surface area (Å²) >= 11 is 1.47. The van der Waals surface area contributed by atoms with Crippen LogP contribution in [0.3, 0.4) is 0 Å². The predicted octanol–water partition coefficient (Wildman–Crippen LogP) is 2.16. The first-order valence-electron chi connectivity index (χ1n) is 8.27. The molecule has 0 fully saturated rings. The fourth-order valence-corrected chi connectivity index (χ4v) is 2.88. The van der Waals surface area contributed by atoms with E-state index in [0.717, 1.165) is 16.5 Å². The maximum Gasteiger partial charge on any atom is 0.251 e. The Morgan fingerprint density at radius 2 is 1.81 bits per heavy atom. The molecule has 3 rings (SSSR count). The lowest BCUT2D eigenvalue weighted by Crippen LogP contribution is -2.36. The minimum Gasteiger partial charge on any atom is -0.486 e. The Kier molecular flexibility index (Phi) is 6.48. The van der Waals surface area contributed by atoms with Crippen molar-refractivity contribution in [2.24, 2.45) is 0 Å². The van der Waals surface area contributed by atoms with E-state index in [4.69, 9.17) is 4.74 Å². The number of benzene rings is 1. The highest BCUT2D eigenvalue weighted by Gasteiger charge is 2.09. The summed E-state index contributed by atoms with van der Waals surface area (Å²) in [5.74, 6) is 0.182. The Balaban J connectivity index is 1.39. The molecule has 7 nitrogen and oxygen atoms in total. The summed E-state index contributed by atoms with van der Waals surface area (Å²) in [6.07, 6.45) is 3.05. The van der Waals surface area contributed by atoms with Crippen LogP contribution in [0.15, 0.2) is 60.2 Å². The average molecular weight is 382 g/mol. The van der Waals surface area contributed by atoms with Gasteiger partial charge in [0.25, 0.3) is 5.91 Å². The number of para-hydroxylation sites is 1. The fraction of sp³-hybridized carbons (Fsp3) is 0.158. The van der Waals surface area contributed by atoms with Crippen LogP contribution < -0.4 is 15.4 Å². The highest BCUT2D eigenvalue weighted by Crippen LogP contribution is 2.14. The third-order valence-electron chi connectivity index (χ3n) is 3.52. The van der Waals surface area contributed by atoms with Crippen molar-refractivity contribution in [2.45, 2.75) is 13.2 Å². The van der Waals surface area contributed by atoms with Crippen molar-refractivity contribution in [2.75, 3.05) is 6.54 Å². The van der Waals surface area contributed by atoms with E-state index in [9.17, 15) is 9.59 Å². The van der Waals surface area contributed by atoms with Crippen LogP contribution in [-0.4, -0.2) is 28.3 Å². The van der Waals surface area contributed by atoms with Crippen molar-refractivity contribution in [1.29, 1.82) is 0 Å². The lowest BCUT2D eigenvalue weighted by Gasteiger charge is -2.06. The number of nitrogens with zero attached hydrogens (tertiary/aromatic N) is 2. The third-order valence-corrected chi connectivity index (χ3v) is 4.39. The normalized spacial score (nSPS) is 10.2. The van der Waals surface area contributed by atoms with Crippen LogP contribution in [-0.2, 0) is 17.9 Å². The van der Waals surface area contributed by atoms with E-state index < -0.39 is 0 Å². The molecule has 2 N–H and O–H groups in total. The summed E-state index contributed by atoms with van der Waals surface area (Å²) in [6, 6.07) is 12.7. The number of hydrogen-bond donors (Lipinski definition) is 2. The highest BCUT2D eigenvalue weighted by molar-refractivity contribution is 7.09. The van der Waals surface area contributed by atoms with Crippen molar-refractivity contribution >= 4 is 23.2 Å². The highest BCUT2D eigenvalue weighted by atomic mass is 32.1. The largest absolute Gasteiger partial charge is 0.486 e. The summed E-state index contributed by atoms with van der Waals surface area (Å²) in [5, 5.41) is 7.99. The molecule has 0 spiro atoms. The molecule has 1 aromatic carbocycles. The number of amides is 2. The number of nitrogens with one attached hydrogen (secondary N) is 2. The number of thiazole rings is 1. The molecule has 2 heterocycles. The van der Waals surface area contributed by atoms with Crippen molar-refractivity contribution in [3.05, 3.63) is 76.5 Å². The van der Waals surface area contributed by atoms with E-state index in [-0.39, 0.29) is 18.4 Å². The van der Waals surface area contributed by atoms with Gasteiger partial charge in [-0.25, -0.2) is 4.98 Å². The molecular weight excluding hydrogens is 364 g/mol. The Morgan fingerprint density at radius 3 is 2.59 bits per heavy atom. The average Bonchev–Trinajstić information content (AvgIpc) is 3.18. The summed E-state index contributed by atoms with van der Waals surface area (Å²) in [6.45, 7) is 0.575. The van der Waals surface area contributed by atoms with Crippen LogP contribution in [0.1, 0.15) is 21.1 Å². The molecule has 0 aliphatic carbocycles. The van der Waals surface area contributed by atoms with Gasteiger partial charge in [-0.3, -0.25) is 14.6 Å². The van der Waals surface area contributed by atoms with Gasteiger partial charge >= 0.3 is 0 Å². The number of rotatable bonds is 8. The van der Waals surface area contributed by atoms with Crippen molar-refractivity contribution in [3.63, 3.8) is 0 Å². The summed E-state index contributed by atoms with van der Waals surface area (Å²) in [4.78, 5) is 32.0. The fourth-order valence-electron chi connectivity index (χ4n) is 2.18. The molecule has 0 aliphatic rings. The summed E-state index contributed by atoms with van der Waals surface area (Å²) in [5.41, 5.74) is 1.21. The summed E-state index contributed by atoms with van der Waals surface area (Å²) in [7, 11) is 0. The molecule has 0 atom stereocenters. The first kappa shape index (κ1) is 18.5. The Morgan fingerprint density at radius 1 is 1.04 bits per heavy atom. The SMILES string of the molecule is O=C(CNC(=O)c1ccncc1)NCc1csc(COc2ccccc2)n1. The van der Waals surface area contributed by atoms with Gasteiger partial charge in [0.15, 0.2) is 0 Å². The lowest BCUT2D eigenvalue weighted by atomic mass is 10.2. The molecule has 8 heteroatoms. The Labute approximate surface area is 160 Å². The summed E-state index contributed by atoms with van der Waals surface area (Å²) < 4.78 is 5.65. The maximum absolute atomic E-state index is 11.9. The Bertz CT molecular complexity index is 884. The molecule has 0 bridgehead atoms. The van der Waals surface area contributed by atoms with Crippen molar-refractivity contribution < 1.29 is 14.3 Å². The zero-order valence-electron chi connectivity index (χ0n) is 14.4. The van der Waals surface area contributed by atoms with E-state index in [1.807, 2.05) is 35.7 Å². The van der Waals surface area contributed by atoms with Crippen molar-refractivity contribution in [3.8, 4) is 5.75 Å². The molecular formula is C19H18N4O3S. The second kappa shape index (κ2) is 9.44. The zero-order valence-corrected chi connectivity index (χ0v) is 15.2. The molecule has 0 unspecified atom stereocenters. The van der Waals surface area contributed by atoms with Crippen molar-refractivity contribution in [1.82, 2.24) is 20.6 Å². The molecule has 0 aliphatic heterocycles. The monoisotopic (exact) mass is 382 g/mol. The standard InChI is InChI=1S/C19H18N4O3S/c24-17(11-22-19(25)14-6-8-20-9-7-14)21-10-15-13-27-18(23-15)12-26-16-4-2-1-3-5-16/h1-9,13H,10-12H2,(H,21,24)(H,22,25). The first-order chi connectivity index (χ1) is 13.2. The van der Waals surface area contributed by atoms with Crippen LogP contribution >= 0.6 is 11.3 Å².